The van der Waals surface area contributed by atoms with Gasteiger partial charge in [-0.05, 0) is 13.0 Å². The second-order valence-electron chi connectivity index (χ2n) is 4.25. The van der Waals surface area contributed by atoms with E-state index in [1.165, 1.54) is 6.92 Å². The summed E-state index contributed by atoms with van der Waals surface area (Å²) >= 11 is 0. The number of halogens is 8. The Balaban J connectivity index is 3.25. The van der Waals surface area contributed by atoms with E-state index >= 15 is 0 Å². The summed E-state index contributed by atoms with van der Waals surface area (Å²) in [5.41, 5.74) is -1.28. The molecule has 1 aromatic carbocycles. The van der Waals surface area contributed by atoms with Crippen LogP contribution in [0.1, 0.15) is 31.4 Å². The van der Waals surface area contributed by atoms with Crippen molar-refractivity contribution >= 4 is 0 Å². The second kappa shape index (κ2) is 6.59. The van der Waals surface area contributed by atoms with Gasteiger partial charge >= 0.3 is 6.18 Å². The summed E-state index contributed by atoms with van der Waals surface area (Å²) in [7, 11) is 0. The van der Waals surface area contributed by atoms with E-state index in [0.717, 1.165) is 0 Å². The van der Waals surface area contributed by atoms with Crippen LogP contribution >= 0.6 is 0 Å². The molecule has 0 saturated heterocycles. The van der Waals surface area contributed by atoms with Gasteiger partial charge in [-0.3, -0.25) is 0 Å². The van der Waals surface area contributed by atoms with Crippen LogP contribution in [0.25, 0.3) is 0 Å². The second-order valence-corrected chi connectivity index (χ2v) is 4.25. The first-order valence-corrected chi connectivity index (χ1v) is 5.91. The summed E-state index contributed by atoms with van der Waals surface area (Å²) < 4.78 is 103. The Labute approximate surface area is 114 Å². The van der Waals surface area contributed by atoms with Crippen molar-refractivity contribution in [1.82, 2.24) is 5.32 Å². The molecule has 1 unspecified atom stereocenters. The van der Waals surface area contributed by atoms with Crippen LogP contribution in [0.3, 0.4) is 0 Å². The van der Waals surface area contributed by atoms with Gasteiger partial charge in [-0.25, -0.2) is 22.0 Å². The molecular weight excluding hydrogens is 310 g/mol. The molecule has 120 valence electrons. The lowest BCUT2D eigenvalue weighted by molar-refractivity contribution is -0.136. The largest absolute Gasteiger partial charge is 0.389 e. The van der Waals surface area contributed by atoms with E-state index in [9.17, 15) is 35.1 Å². The third-order valence-electron chi connectivity index (χ3n) is 2.76. The number of rotatable bonds is 5. The van der Waals surface area contributed by atoms with Crippen molar-refractivity contribution in [3.05, 3.63) is 34.6 Å². The molecule has 0 radical (unpaired) electrons. The molecule has 0 fully saturated rings. The normalized spacial score (nSPS) is 13.6. The first kappa shape index (κ1) is 17.7. The minimum Gasteiger partial charge on any atom is -0.310 e. The Kier molecular flexibility index (Phi) is 5.54. The van der Waals surface area contributed by atoms with E-state index in [1.54, 1.807) is 0 Å². The molecule has 1 aromatic rings. The predicted molar refractivity (Wildman–Crippen MR) is 57.9 cm³/mol. The minimum atomic E-state index is -4.61. The molecule has 0 spiro atoms. The van der Waals surface area contributed by atoms with Gasteiger partial charge in [0.25, 0.3) is 0 Å². The van der Waals surface area contributed by atoms with Crippen LogP contribution in [0.15, 0.2) is 0 Å². The zero-order chi connectivity index (χ0) is 16.4. The molecule has 1 nitrogen and oxygen atoms in total. The van der Waals surface area contributed by atoms with Crippen LogP contribution in [0.4, 0.5) is 35.1 Å². The van der Waals surface area contributed by atoms with Gasteiger partial charge in [-0.1, -0.05) is 6.92 Å². The molecule has 0 amide bonds. The van der Waals surface area contributed by atoms with Crippen LogP contribution in [0.5, 0.6) is 0 Å². The van der Waals surface area contributed by atoms with Crippen molar-refractivity contribution in [2.45, 2.75) is 32.0 Å². The SMILES string of the molecule is CCNC(CCC(F)(F)F)c1c(F)c(F)c(F)c(F)c1F. The summed E-state index contributed by atoms with van der Waals surface area (Å²) in [6.45, 7) is 1.41. The van der Waals surface area contributed by atoms with Gasteiger partial charge in [0, 0.05) is 18.0 Å². The number of hydrogen-bond acceptors (Lipinski definition) is 1. The Bertz CT molecular complexity index is 482. The zero-order valence-corrected chi connectivity index (χ0v) is 10.7. The third-order valence-corrected chi connectivity index (χ3v) is 2.76. The van der Waals surface area contributed by atoms with E-state index in [0.29, 0.717) is 0 Å². The number of alkyl halides is 3. The number of nitrogens with one attached hydrogen (secondary N) is 1. The fourth-order valence-corrected chi connectivity index (χ4v) is 1.83. The molecule has 0 aliphatic carbocycles. The first-order valence-electron chi connectivity index (χ1n) is 5.91. The molecule has 0 aliphatic rings. The summed E-state index contributed by atoms with van der Waals surface area (Å²) in [6, 6.07) is -1.64. The summed E-state index contributed by atoms with van der Waals surface area (Å²) in [6.07, 6.45) is -6.89. The van der Waals surface area contributed by atoms with Crippen molar-refractivity contribution in [3.63, 3.8) is 0 Å². The molecule has 1 atom stereocenters. The van der Waals surface area contributed by atoms with Gasteiger partial charge in [0.2, 0.25) is 5.82 Å². The van der Waals surface area contributed by atoms with Gasteiger partial charge in [0.15, 0.2) is 23.3 Å². The van der Waals surface area contributed by atoms with Gasteiger partial charge < -0.3 is 5.32 Å². The Morgan fingerprint density at radius 1 is 0.857 bits per heavy atom. The van der Waals surface area contributed by atoms with Crippen molar-refractivity contribution in [2.24, 2.45) is 0 Å². The molecule has 0 aliphatic heterocycles. The lowest BCUT2D eigenvalue weighted by atomic mass is 9.99. The third kappa shape index (κ3) is 4.05. The van der Waals surface area contributed by atoms with E-state index in [1.807, 2.05) is 0 Å². The van der Waals surface area contributed by atoms with Crippen LogP contribution in [0.2, 0.25) is 0 Å². The molecule has 0 heterocycles. The molecule has 21 heavy (non-hydrogen) atoms. The molecule has 9 heteroatoms. The topological polar surface area (TPSA) is 12.0 Å². The Morgan fingerprint density at radius 3 is 1.67 bits per heavy atom. The maximum atomic E-state index is 13.6. The highest BCUT2D eigenvalue weighted by molar-refractivity contribution is 5.27. The van der Waals surface area contributed by atoms with Crippen molar-refractivity contribution in [1.29, 1.82) is 0 Å². The fraction of sp³-hybridized carbons (Fsp3) is 0.500. The predicted octanol–water partition coefficient (Wildman–Crippen LogP) is 4.38. The fourth-order valence-electron chi connectivity index (χ4n) is 1.83. The monoisotopic (exact) mass is 321 g/mol. The average Bonchev–Trinajstić information content (AvgIpc) is 2.39. The van der Waals surface area contributed by atoms with E-state index in [2.05, 4.69) is 5.32 Å². The highest BCUT2D eigenvalue weighted by atomic mass is 19.4. The standard InChI is InChI=1S/C12H11F8N/c1-2-21-5(3-4-12(18,19)20)6-7(13)9(15)11(17)10(16)8(6)14/h5,21H,2-4H2,1H3. The average molecular weight is 321 g/mol. The van der Waals surface area contributed by atoms with E-state index in [4.69, 9.17) is 0 Å². The molecule has 1 rings (SSSR count). The van der Waals surface area contributed by atoms with Crippen LogP contribution in [0, 0.1) is 29.1 Å². The maximum Gasteiger partial charge on any atom is 0.389 e. The van der Waals surface area contributed by atoms with Crippen molar-refractivity contribution < 1.29 is 35.1 Å². The summed E-state index contributed by atoms with van der Waals surface area (Å²) in [5.74, 6) is -11.0. The smallest absolute Gasteiger partial charge is 0.310 e. The van der Waals surface area contributed by atoms with Gasteiger partial charge in [0.1, 0.15) is 0 Å². The lowest BCUT2D eigenvalue weighted by Gasteiger charge is -2.21. The van der Waals surface area contributed by atoms with Gasteiger partial charge in [0.05, 0.1) is 0 Å². The highest BCUT2D eigenvalue weighted by Crippen LogP contribution is 2.32. The molecule has 0 bridgehead atoms. The maximum absolute atomic E-state index is 13.6. The Morgan fingerprint density at radius 2 is 1.29 bits per heavy atom. The van der Waals surface area contributed by atoms with E-state index < -0.39 is 59.7 Å². The van der Waals surface area contributed by atoms with Gasteiger partial charge in [-0.15, -0.1) is 0 Å². The van der Waals surface area contributed by atoms with Gasteiger partial charge in [-0.2, -0.15) is 13.2 Å². The lowest BCUT2D eigenvalue weighted by Crippen LogP contribution is -2.26. The number of hydrogen-bond donors (Lipinski definition) is 1. The van der Waals surface area contributed by atoms with Crippen LogP contribution in [-0.2, 0) is 0 Å². The molecule has 0 aromatic heterocycles. The number of benzene rings is 1. The zero-order valence-electron chi connectivity index (χ0n) is 10.7. The quantitative estimate of drug-likeness (QED) is 0.482. The summed E-state index contributed by atoms with van der Waals surface area (Å²) in [4.78, 5) is 0. The highest BCUT2D eigenvalue weighted by Gasteiger charge is 2.33. The van der Waals surface area contributed by atoms with Crippen LogP contribution < -0.4 is 5.32 Å². The van der Waals surface area contributed by atoms with Crippen molar-refractivity contribution in [2.75, 3.05) is 6.54 Å². The minimum absolute atomic E-state index is 0.0119. The van der Waals surface area contributed by atoms with Crippen molar-refractivity contribution in [3.8, 4) is 0 Å². The van der Waals surface area contributed by atoms with E-state index in [-0.39, 0.29) is 6.54 Å². The van der Waals surface area contributed by atoms with Crippen LogP contribution in [-0.4, -0.2) is 12.7 Å². The molecule has 0 saturated carbocycles. The molecule has 1 N–H and O–H groups in total. The molecular formula is C12H11F8N. The first-order chi connectivity index (χ1) is 9.60. The summed E-state index contributed by atoms with van der Waals surface area (Å²) in [5, 5.41) is 2.29. The Hall–Kier alpha value is -1.38.